The van der Waals surface area contributed by atoms with E-state index in [9.17, 15) is 8.78 Å². The molecular formula is C15H14ClF2NO. The molecule has 5 heteroatoms. The molecule has 0 heterocycles. The van der Waals surface area contributed by atoms with Crippen LogP contribution in [-0.4, -0.2) is 14.2 Å². The molecule has 1 unspecified atom stereocenters. The summed E-state index contributed by atoms with van der Waals surface area (Å²) in [5.41, 5.74) is 0.955. The predicted molar refractivity (Wildman–Crippen MR) is 75.3 cm³/mol. The van der Waals surface area contributed by atoms with E-state index >= 15 is 0 Å². The number of rotatable bonds is 4. The van der Waals surface area contributed by atoms with Crippen molar-refractivity contribution in [2.45, 2.75) is 6.04 Å². The molecule has 0 radical (unpaired) electrons. The zero-order chi connectivity index (χ0) is 14.7. The highest BCUT2D eigenvalue weighted by Gasteiger charge is 2.18. The number of benzene rings is 2. The minimum Gasteiger partial charge on any atom is -0.494 e. The number of hydrogen-bond donors (Lipinski definition) is 1. The van der Waals surface area contributed by atoms with E-state index in [0.717, 1.165) is 0 Å². The van der Waals surface area contributed by atoms with E-state index in [1.54, 1.807) is 13.1 Å². The Labute approximate surface area is 121 Å². The minimum absolute atomic E-state index is 0.148. The van der Waals surface area contributed by atoms with Crippen molar-refractivity contribution in [1.82, 2.24) is 5.32 Å². The van der Waals surface area contributed by atoms with Crippen LogP contribution >= 0.6 is 11.6 Å². The zero-order valence-corrected chi connectivity index (χ0v) is 11.8. The van der Waals surface area contributed by atoms with E-state index in [-0.39, 0.29) is 5.75 Å². The van der Waals surface area contributed by atoms with Crippen molar-refractivity contribution >= 4 is 11.6 Å². The summed E-state index contributed by atoms with van der Waals surface area (Å²) in [6.45, 7) is 0. The SMILES string of the molecule is CNC(c1ccc(OC)c(F)c1)c1cc(Cl)ccc1F. The van der Waals surface area contributed by atoms with Crippen LogP contribution in [0.4, 0.5) is 8.78 Å². The van der Waals surface area contributed by atoms with E-state index in [1.807, 2.05) is 0 Å². The molecule has 1 atom stereocenters. The van der Waals surface area contributed by atoms with Gasteiger partial charge in [-0.15, -0.1) is 0 Å². The second kappa shape index (κ2) is 6.20. The lowest BCUT2D eigenvalue weighted by Gasteiger charge is -2.19. The molecule has 106 valence electrons. The lowest BCUT2D eigenvalue weighted by molar-refractivity contribution is 0.386. The third-order valence-electron chi connectivity index (χ3n) is 3.07. The number of hydrogen-bond acceptors (Lipinski definition) is 2. The van der Waals surface area contributed by atoms with E-state index in [2.05, 4.69) is 5.32 Å². The maximum Gasteiger partial charge on any atom is 0.165 e. The van der Waals surface area contributed by atoms with Crippen LogP contribution < -0.4 is 10.1 Å². The molecule has 20 heavy (non-hydrogen) atoms. The average molecular weight is 298 g/mol. The summed E-state index contributed by atoms with van der Waals surface area (Å²) >= 11 is 5.90. The Hall–Kier alpha value is -1.65. The van der Waals surface area contributed by atoms with Gasteiger partial charge in [-0.3, -0.25) is 0 Å². The van der Waals surface area contributed by atoms with Crippen molar-refractivity contribution in [2.75, 3.05) is 14.2 Å². The molecule has 0 aromatic heterocycles. The van der Waals surface area contributed by atoms with E-state index < -0.39 is 17.7 Å². The van der Waals surface area contributed by atoms with Gasteiger partial charge in [0.15, 0.2) is 11.6 Å². The molecule has 2 aromatic carbocycles. The summed E-state index contributed by atoms with van der Waals surface area (Å²) in [6.07, 6.45) is 0. The Bertz CT molecular complexity index is 619. The summed E-state index contributed by atoms with van der Waals surface area (Å²) in [6, 6.07) is 8.32. The van der Waals surface area contributed by atoms with Gasteiger partial charge in [0, 0.05) is 10.6 Å². The molecule has 2 aromatic rings. The molecule has 2 rings (SSSR count). The van der Waals surface area contributed by atoms with Crippen molar-refractivity contribution < 1.29 is 13.5 Å². The highest BCUT2D eigenvalue weighted by atomic mass is 35.5. The van der Waals surface area contributed by atoms with Crippen molar-refractivity contribution in [3.05, 3.63) is 64.2 Å². The van der Waals surface area contributed by atoms with Gasteiger partial charge in [0.25, 0.3) is 0 Å². The minimum atomic E-state index is -0.493. The van der Waals surface area contributed by atoms with Crippen LogP contribution in [0.15, 0.2) is 36.4 Å². The summed E-state index contributed by atoms with van der Waals surface area (Å²) in [5.74, 6) is -0.743. The number of methoxy groups -OCH3 is 1. The summed E-state index contributed by atoms with van der Waals surface area (Å²) in [4.78, 5) is 0. The highest BCUT2D eigenvalue weighted by molar-refractivity contribution is 6.30. The van der Waals surface area contributed by atoms with Gasteiger partial charge in [-0.2, -0.15) is 0 Å². The molecule has 0 bridgehead atoms. The van der Waals surface area contributed by atoms with Crippen molar-refractivity contribution in [3.8, 4) is 5.75 Å². The standard InChI is InChI=1S/C15H14ClF2NO/c1-19-15(11-8-10(16)4-5-12(11)17)9-3-6-14(20-2)13(18)7-9/h3-8,15,19H,1-2H3. The van der Waals surface area contributed by atoms with E-state index in [1.165, 1.54) is 37.4 Å². The van der Waals surface area contributed by atoms with Gasteiger partial charge in [0.2, 0.25) is 0 Å². The smallest absolute Gasteiger partial charge is 0.165 e. The average Bonchev–Trinajstić information content (AvgIpc) is 2.44. The number of nitrogens with one attached hydrogen (secondary N) is 1. The second-order valence-corrected chi connectivity index (χ2v) is 4.72. The van der Waals surface area contributed by atoms with E-state index in [0.29, 0.717) is 16.1 Å². The Morgan fingerprint density at radius 3 is 2.45 bits per heavy atom. The summed E-state index contributed by atoms with van der Waals surface area (Å²) in [5, 5.41) is 3.39. The van der Waals surface area contributed by atoms with Crippen LogP contribution in [0.25, 0.3) is 0 Å². The maximum absolute atomic E-state index is 13.9. The summed E-state index contributed by atoms with van der Waals surface area (Å²) in [7, 11) is 3.07. The lowest BCUT2D eigenvalue weighted by Crippen LogP contribution is -2.19. The lowest BCUT2D eigenvalue weighted by atomic mass is 9.98. The fourth-order valence-electron chi connectivity index (χ4n) is 2.10. The quantitative estimate of drug-likeness (QED) is 0.923. The van der Waals surface area contributed by atoms with Crippen molar-refractivity contribution in [3.63, 3.8) is 0 Å². The maximum atomic E-state index is 13.9. The largest absolute Gasteiger partial charge is 0.494 e. The highest BCUT2D eigenvalue weighted by Crippen LogP contribution is 2.29. The Morgan fingerprint density at radius 1 is 1.10 bits per heavy atom. The first-order valence-electron chi connectivity index (χ1n) is 6.02. The third-order valence-corrected chi connectivity index (χ3v) is 3.30. The fraction of sp³-hybridized carbons (Fsp3) is 0.200. The predicted octanol–water partition coefficient (Wildman–Crippen LogP) is 3.94. The van der Waals surface area contributed by atoms with Crippen LogP contribution in [0.1, 0.15) is 17.2 Å². The molecular weight excluding hydrogens is 284 g/mol. The molecule has 0 amide bonds. The monoisotopic (exact) mass is 297 g/mol. The molecule has 1 N–H and O–H groups in total. The molecule has 0 aliphatic rings. The number of halogens is 3. The van der Waals surface area contributed by atoms with Gasteiger partial charge >= 0.3 is 0 Å². The molecule has 0 saturated carbocycles. The molecule has 0 saturated heterocycles. The van der Waals surface area contributed by atoms with Gasteiger partial charge in [0.1, 0.15) is 5.82 Å². The number of ether oxygens (including phenoxy) is 1. The third kappa shape index (κ3) is 2.92. The first-order valence-corrected chi connectivity index (χ1v) is 6.40. The van der Waals surface area contributed by atoms with Crippen LogP contribution in [0.3, 0.4) is 0 Å². The topological polar surface area (TPSA) is 21.3 Å². The molecule has 0 aliphatic carbocycles. The van der Waals surface area contributed by atoms with Crippen LogP contribution in [0.5, 0.6) is 5.75 Å². The molecule has 0 aliphatic heterocycles. The second-order valence-electron chi connectivity index (χ2n) is 4.28. The van der Waals surface area contributed by atoms with Gasteiger partial charge in [-0.25, -0.2) is 8.78 Å². The normalized spacial score (nSPS) is 12.2. The van der Waals surface area contributed by atoms with Gasteiger partial charge in [-0.1, -0.05) is 17.7 Å². The Kier molecular flexibility index (Phi) is 4.57. The Morgan fingerprint density at radius 2 is 1.85 bits per heavy atom. The zero-order valence-electron chi connectivity index (χ0n) is 11.1. The van der Waals surface area contributed by atoms with Gasteiger partial charge in [-0.05, 0) is 42.9 Å². The van der Waals surface area contributed by atoms with Crippen molar-refractivity contribution in [1.29, 1.82) is 0 Å². The molecule has 0 fully saturated rings. The molecule has 0 spiro atoms. The van der Waals surface area contributed by atoms with Crippen molar-refractivity contribution in [2.24, 2.45) is 0 Å². The van der Waals surface area contributed by atoms with E-state index in [4.69, 9.17) is 16.3 Å². The van der Waals surface area contributed by atoms with Crippen LogP contribution in [0.2, 0.25) is 5.02 Å². The first kappa shape index (κ1) is 14.8. The fourth-order valence-corrected chi connectivity index (χ4v) is 2.28. The van der Waals surface area contributed by atoms with Gasteiger partial charge in [0.05, 0.1) is 13.2 Å². The van der Waals surface area contributed by atoms with Crippen LogP contribution in [-0.2, 0) is 0 Å². The Balaban J connectivity index is 2.46. The van der Waals surface area contributed by atoms with Crippen LogP contribution in [0, 0.1) is 11.6 Å². The molecule has 2 nitrogen and oxygen atoms in total. The first-order chi connectivity index (χ1) is 9.56. The summed E-state index contributed by atoms with van der Waals surface area (Å²) < 4.78 is 32.6. The van der Waals surface area contributed by atoms with Gasteiger partial charge < -0.3 is 10.1 Å².